The normalized spacial score (nSPS) is 19.5. The van der Waals surface area contributed by atoms with Gasteiger partial charge in [-0.1, -0.05) is 105 Å². The summed E-state index contributed by atoms with van der Waals surface area (Å²) in [4.78, 5) is 120. The van der Waals surface area contributed by atoms with Crippen molar-refractivity contribution in [2.45, 2.75) is 181 Å². The number of nitrogens with one attached hydrogen (secondary N) is 3. The van der Waals surface area contributed by atoms with Gasteiger partial charge in [0.2, 0.25) is 29.5 Å². The van der Waals surface area contributed by atoms with E-state index < -0.39 is 54.2 Å². The Hall–Kier alpha value is -5.08. The van der Waals surface area contributed by atoms with Gasteiger partial charge in [0.05, 0.1) is 49.3 Å². The van der Waals surface area contributed by atoms with Crippen LogP contribution in [0.25, 0.3) is 0 Å². The van der Waals surface area contributed by atoms with Crippen molar-refractivity contribution in [2.24, 2.45) is 23.7 Å². The molecule has 2 saturated heterocycles. The number of carbonyl (C=O) groups excluding carboxylic acids is 8. The minimum atomic E-state index is -0.899. The fraction of sp³-hybridized carbons (Fsp3) is 0.724. The standard InChI is InChI=1S/C58H94N8O11/c1-13-40(6)53(63(10)52(39(4)5)57(73)61-56(72)51(38(2)3)62(9)32-20-15-14-19-31-59-46(67)28-24-34-65-47(68)29-30-48(65)69)45(75-11)37-49(70)64-33-23-27-44(64)54(76-12)42(8)55(71)60-50(41(7)43-25-17-16-18-26-43)58(74)66-35-21-22-36-77-66/h16-18,25-26,29-30,38-42,44-45,50-54H,13-15,19-24,27-28,31-37H2,1-12H3,(H,59,67)(H,60,71)(H,61,72,73)/t40-,41-,42+,44-,45+,50-,51-,52-,53-,54+/m0/s1. The second kappa shape index (κ2) is 32.1. The number of amides is 8. The lowest BCUT2D eigenvalue weighted by molar-refractivity contribution is -0.200. The van der Waals surface area contributed by atoms with Crippen molar-refractivity contribution in [2.75, 3.05) is 67.6 Å². The number of likely N-dealkylation sites (tertiary alicyclic amines) is 1. The number of nitrogens with zero attached hydrogens (tertiary/aromatic N) is 5. The van der Waals surface area contributed by atoms with Crippen molar-refractivity contribution >= 4 is 47.3 Å². The summed E-state index contributed by atoms with van der Waals surface area (Å²) in [6, 6.07) is 6.57. The SMILES string of the molecule is CC[C@H](C)[C@@H]([C@@H](CC(=O)N1CCC[C@H]1[C@H](OC)[C@@H](C)C(=O)N[C@H](C(=O)N1CCCCO1)[C@@H](C)c1ccccc1)OC)N(C)[C@H](C(=O)NC(=O)[C@H](C(C)C)N(C)CCCCCCNC(=O)CCCN1C(=O)C=CC1=O)C(C)C. The van der Waals surface area contributed by atoms with Crippen molar-refractivity contribution in [3.8, 4) is 0 Å². The maximum atomic E-state index is 14.6. The molecule has 10 atom stereocenters. The van der Waals surface area contributed by atoms with Crippen LogP contribution in [0.3, 0.4) is 0 Å². The van der Waals surface area contributed by atoms with Crippen molar-refractivity contribution in [1.29, 1.82) is 0 Å². The van der Waals surface area contributed by atoms with E-state index in [-0.39, 0.29) is 84.4 Å². The lowest BCUT2D eigenvalue weighted by Crippen LogP contribution is -2.60. The number of unbranched alkanes of at least 4 members (excludes halogenated alkanes) is 3. The number of methoxy groups -OCH3 is 2. The van der Waals surface area contributed by atoms with Gasteiger partial charge in [-0.3, -0.25) is 63.2 Å². The van der Waals surface area contributed by atoms with E-state index in [1.807, 2.05) is 88.8 Å². The summed E-state index contributed by atoms with van der Waals surface area (Å²) in [6.45, 7) is 18.4. The van der Waals surface area contributed by atoms with Gasteiger partial charge in [-0.05, 0) is 88.9 Å². The zero-order valence-electron chi connectivity index (χ0n) is 48.4. The number of likely N-dealkylation sites (N-methyl/N-ethyl adjacent to an activating group) is 2. The Balaban J connectivity index is 1.36. The van der Waals surface area contributed by atoms with Gasteiger partial charge >= 0.3 is 0 Å². The van der Waals surface area contributed by atoms with Gasteiger partial charge in [0.1, 0.15) is 6.04 Å². The van der Waals surface area contributed by atoms with Crippen LogP contribution < -0.4 is 16.0 Å². The molecule has 3 N–H and O–H groups in total. The second-order valence-corrected chi connectivity index (χ2v) is 22.2. The Bertz CT molecular complexity index is 2100. The Morgan fingerprint density at radius 3 is 2.03 bits per heavy atom. The maximum Gasteiger partial charge on any atom is 0.269 e. The van der Waals surface area contributed by atoms with Crippen molar-refractivity contribution in [1.82, 2.24) is 40.6 Å². The molecule has 0 bridgehead atoms. The highest BCUT2D eigenvalue weighted by Gasteiger charge is 2.45. The molecular formula is C58H94N8O11. The smallest absolute Gasteiger partial charge is 0.269 e. The number of hydrogen-bond donors (Lipinski definition) is 3. The Labute approximate surface area is 459 Å². The molecule has 8 amide bonds. The predicted molar refractivity (Wildman–Crippen MR) is 294 cm³/mol. The first-order valence-electron chi connectivity index (χ1n) is 28.4. The van der Waals surface area contributed by atoms with E-state index in [0.29, 0.717) is 52.0 Å². The third-order valence-corrected chi connectivity index (χ3v) is 16.0. The molecule has 3 heterocycles. The van der Waals surface area contributed by atoms with Gasteiger partial charge in [0.15, 0.2) is 0 Å². The molecule has 1 aromatic carbocycles. The molecule has 19 nitrogen and oxygen atoms in total. The molecule has 3 aliphatic heterocycles. The van der Waals surface area contributed by atoms with Gasteiger partial charge in [-0.15, -0.1) is 0 Å². The van der Waals surface area contributed by atoms with E-state index in [1.165, 1.54) is 17.2 Å². The Morgan fingerprint density at radius 2 is 1.43 bits per heavy atom. The number of hydroxylamine groups is 2. The molecular weight excluding hydrogens is 985 g/mol. The molecule has 3 aliphatic rings. The molecule has 0 aromatic heterocycles. The summed E-state index contributed by atoms with van der Waals surface area (Å²) in [5.74, 6) is -3.87. The van der Waals surface area contributed by atoms with Crippen molar-refractivity contribution in [3.05, 3.63) is 48.0 Å². The molecule has 0 aliphatic carbocycles. The van der Waals surface area contributed by atoms with E-state index in [1.54, 1.807) is 26.0 Å². The minimum absolute atomic E-state index is 0.00982. The monoisotopic (exact) mass is 1080 g/mol. The van der Waals surface area contributed by atoms with Gasteiger partial charge < -0.3 is 25.0 Å². The van der Waals surface area contributed by atoms with E-state index >= 15 is 0 Å². The van der Waals surface area contributed by atoms with Crippen molar-refractivity contribution in [3.63, 3.8) is 0 Å². The molecule has 0 spiro atoms. The first-order valence-corrected chi connectivity index (χ1v) is 28.4. The highest BCUT2D eigenvalue weighted by atomic mass is 16.7. The van der Waals surface area contributed by atoms with E-state index in [2.05, 4.69) is 29.8 Å². The fourth-order valence-corrected chi connectivity index (χ4v) is 11.5. The van der Waals surface area contributed by atoms with Gasteiger partial charge in [-0.25, -0.2) is 5.06 Å². The number of rotatable bonds is 32. The van der Waals surface area contributed by atoms with E-state index in [9.17, 15) is 38.4 Å². The van der Waals surface area contributed by atoms with Crippen LogP contribution in [0, 0.1) is 23.7 Å². The fourth-order valence-electron chi connectivity index (χ4n) is 11.5. The topological polar surface area (TPSA) is 217 Å². The largest absolute Gasteiger partial charge is 0.379 e. The van der Waals surface area contributed by atoms with Gasteiger partial charge in [0, 0.05) is 70.9 Å². The van der Waals surface area contributed by atoms with Crippen LogP contribution in [0.15, 0.2) is 42.5 Å². The van der Waals surface area contributed by atoms with E-state index in [0.717, 1.165) is 55.4 Å². The quantitative estimate of drug-likeness (QED) is 0.0624. The summed E-state index contributed by atoms with van der Waals surface area (Å²) in [6.07, 6.45) is 8.88. The van der Waals surface area contributed by atoms with Crippen LogP contribution in [0.4, 0.5) is 0 Å². The average molecular weight is 1080 g/mol. The Kier molecular flexibility index (Phi) is 26.9. The molecule has 1 aromatic rings. The molecule has 19 heteroatoms. The van der Waals surface area contributed by atoms with Crippen LogP contribution in [-0.2, 0) is 52.7 Å². The van der Waals surface area contributed by atoms with E-state index in [4.69, 9.17) is 14.3 Å². The predicted octanol–water partition coefficient (Wildman–Crippen LogP) is 5.23. The van der Waals surface area contributed by atoms with Crippen molar-refractivity contribution < 1.29 is 52.7 Å². The summed E-state index contributed by atoms with van der Waals surface area (Å²) in [5.41, 5.74) is 0.901. The lowest BCUT2D eigenvalue weighted by Gasteiger charge is -2.43. The zero-order valence-corrected chi connectivity index (χ0v) is 48.4. The lowest BCUT2D eigenvalue weighted by atomic mass is 9.87. The van der Waals surface area contributed by atoms with Crippen LogP contribution in [0.1, 0.15) is 144 Å². The molecule has 0 unspecified atom stereocenters. The number of carbonyl (C=O) groups is 8. The Morgan fingerprint density at radius 1 is 0.779 bits per heavy atom. The van der Waals surface area contributed by atoms with Crippen LogP contribution in [0.2, 0.25) is 0 Å². The summed E-state index contributed by atoms with van der Waals surface area (Å²) in [7, 11) is 6.90. The molecule has 0 radical (unpaired) electrons. The highest BCUT2D eigenvalue weighted by Crippen LogP contribution is 2.31. The minimum Gasteiger partial charge on any atom is -0.379 e. The third-order valence-electron chi connectivity index (χ3n) is 16.0. The number of imide groups is 2. The van der Waals surface area contributed by atoms with Gasteiger partial charge in [-0.2, -0.15) is 0 Å². The van der Waals surface area contributed by atoms with Gasteiger partial charge in [0.25, 0.3) is 17.7 Å². The summed E-state index contributed by atoms with van der Waals surface area (Å²) >= 11 is 0. The number of hydrogen-bond acceptors (Lipinski definition) is 13. The first kappa shape index (κ1) is 64.4. The molecule has 77 heavy (non-hydrogen) atoms. The highest BCUT2D eigenvalue weighted by molar-refractivity contribution is 6.12. The molecule has 0 saturated carbocycles. The second-order valence-electron chi connectivity index (χ2n) is 22.2. The summed E-state index contributed by atoms with van der Waals surface area (Å²) in [5, 5.41) is 10.1. The number of ether oxygens (including phenoxy) is 2. The first-order chi connectivity index (χ1) is 36.7. The zero-order chi connectivity index (χ0) is 56.9. The molecule has 2 fully saturated rings. The summed E-state index contributed by atoms with van der Waals surface area (Å²) < 4.78 is 12.3. The third kappa shape index (κ3) is 18.2. The van der Waals surface area contributed by atoms with Crippen LogP contribution >= 0.6 is 0 Å². The molecule has 4 rings (SSSR count). The maximum absolute atomic E-state index is 14.6. The number of benzene rings is 1. The van der Waals surface area contributed by atoms with Crippen LogP contribution in [0.5, 0.6) is 0 Å². The average Bonchev–Trinajstić information content (AvgIpc) is 4.02. The molecule has 432 valence electrons. The van der Waals surface area contributed by atoms with Crippen LogP contribution in [-0.4, -0.2) is 182 Å².